The highest BCUT2D eigenvalue weighted by atomic mass is 16.5. The number of rotatable bonds is 5. The van der Waals surface area contributed by atoms with E-state index in [2.05, 4.69) is 0 Å². The van der Waals surface area contributed by atoms with Crippen LogP contribution in [0.25, 0.3) is 0 Å². The summed E-state index contributed by atoms with van der Waals surface area (Å²) in [5, 5.41) is 0. The number of aldehydes is 1. The molecule has 0 aliphatic carbocycles. The standard InChI is InChI=1S/C9H14O3/c1-3-12-9(11)8(2)6-4-5-7-10/h6-7H,3-5H2,1-2H3. The number of ether oxygens (including phenoxy) is 1. The molecule has 0 heterocycles. The van der Waals surface area contributed by atoms with Crippen LogP contribution in [0.4, 0.5) is 0 Å². The van der Waals surface area contributed by atoms with Gasteiger partial charge in [0.05, 0.1) is 6.61 Å². The van der Waals surface area contributed by atoms with E-state index in [1.807, 2.05) is 0 Å². The number of hydrogen-bond acceptors (Lipinski definition) is 3. The van der Waals surface area contributed by atoms with Gasteiger partial charge in [-0.3, -0.25) is 0 Å². The van der Waals surface area contributed by atoms with Gasteiger partial charge in [-0.1, -0.05) is 6.08 Å². The normalized spacial score (nSPS) is 11.0. The predicted octanol–water partition coefficient (Wildman–Crippen LogP) is 1.47. The van der Waals surface area contributed by atoms with E-state index < -0.39 is 0 Å². The molecule has 0 rings (SSSR count). The third kappa shape index (κ3) is 4.66. The second kappa shape index (κ2) is 6.58. The van der Waals surface area contributed by atoms with Gasteiger partial charge in [0, 0.05) is 12.0 Å². The summed E-state index contributed by atoms with van der Waals surface area (Å²) >= 11 is 0. The van der Waals surface area contributed by atoms with Crippen molar-refractivity contribution in [3.05, 3.63) is 11.6 Å². The summed E-state index contributed by atoms with van der Waals surface area (Å²) in [4.78, 5) is 20.9. The number of carbonyl (C=O) groups is 2. The maximum absolute atomic E-state index is 11.0. The number of unbranched alkanes of at least 4 members (excludes halogenated alkanes) is 1. The Morgan fingerprint density at radius 2 is 2.08 bits per heavy atom. The molecule has 0 N–H and O–H groups in total. The molecule has 0 amide bonds. The van der Waals surface area contributed by atoms with Crippen molar-refractivity contribution in [3.63, 3.8) is 0 Å². The van der Waals surface area contributed by atoms with Gasteiger partial charge in [-0.2, -0.15) is 0 Å². The molecule has 68 valence electrons. The number of esters is 1. The summed E-state index contributed by atoms with van der Waals surface area (Å²) < 4.78 is 4.74. The number of hydrogen-bond donors (Lipinski definition) is 0. The summed E-state index contributed by atoms with van der Waals surface area (Å²) in [6.45, 7) is 3.83. The second-order valence-corrected chi connectivity index (χ2v) is 2.35. The minimum atomic E-state index is -0.302. The zero-order valence-electron chi connectivity index (χ0n) is 7.50. The fraction of sp³-hybridized carbons (Fsp3) is 0.556. The third-order valence-electron chi connectivity index (χ3n) is 1.33. The van der Waals surface area contributed by atoms with Crippen molar-refractivity contribution in [3.8, 4) is 0 Å². The molecule has 0 bridgehead atoms. The van der Waals surface area contributed by atoms with Gasteiger partial charge in [-0.15, -0.1) is 0 Å². The van der Waals surface area contributed by atoms with Crippen molar-refractivity contribution in [2.24, 2.45) is 0 Å². The summed E-state index contributed by atoms with van der Waals surface area (Å²) in [5.74, 6) is -0.302. The van der Waals surface area contributed by atoms with Gasteiger partial charge in [0.2, 0.25) is 0 Å². The molecule has 0 aromatic carbocycles. The maximum atomic E-state index is 11.0. The largest absolute Gasteiger partial charge is 0.463 e. The Kier molecular flexibility index (Phi) is 5.97. The molecular weight excluding hydrogens is 156 g/mol. The van der Waals surface area contributed by atoms with Gasteiger partial charge in [-0.05, 0) is 20.3 Å². The molecule has 0 aliphatic rings. The van der Waals surface area contributed by atoms with Crippen LogP contribution in [-0.4, -0.2) is 18.9 Å². The maximum Gasteiger partial charge on any atom is 0.333 e. The average Bonchev–Trinajstić information content (AvgIpc) is 2.05. The first kappa shape index (κ1) is 10.9. The molecule has 0 saturated heterocycles. The van der Waals surface area contributed by atoms with E-state index in [4.69, 9.17) is 4.74 Å². The van der Waals surface area contributed by atoms with Crippen molar-refractivity contribution in [2.75, 3.05) is 6.61 Å². The Bertz CT molecular complexity index is 182. The van der Waals surface area contributed by atoms with Gasteiger partial charge in [-0.25, -0.2) is 4.79 Å². The van der Waals surface area contributed by atoms with E-state index in [-0.39, 0.29) is 5.97 Å². The van der Waals surface area contributed by atoms with Crippen molar-refractivity contribution < 1.29 is 14.3 Å². The fourth-order valence-electron chi connectivity index (χ4n) is 0.696. The van der Waals surface area contributed by atoms with E-state index in [1.165, 1.54) is 0 Å². The molecule has 0 aliphatic heterocycles. The highest BCUT2D eigenvalue weighted by Gasteiger charge is 2.02. The molecule has 0 atom stereocenters. The molecule has 0 spiro atoms. The Morgan fingerprint density at radius 3 is 2.58 bits per heavy atom. The van der Waals surface area contributed by atoms with Crippen LogP contribution in [0.1, 0.15) is 26.7 Å². The Hall–Kier alpha value is -1.12. The first-order chi connectivity index (χ1) is 5.72. The SMILES string of the molecule is CCOC(=O)C(C)=CCCC=O. The highest BCUT2D eigenvalue weighted by molar-refractivity contribution is 5.87. The lowest BCUT2D eigenvalue weighted by Gasteiger charge is -1.99. The van der Waals surface area contributed by atoms with Crippen LogP contribution < -0.4 is 0 Å². The van der Waals surface area contributed by atoms with E-state index in [1.54, 1.807) is 19.9 Å². The smallest absolute Gasteiger partial charge is 0.333 e. The van der Waals surface area contributed by atoms with Gasteiger partial charge in [0.1, 0.15) is 6.29 Å². The van der Waals surface area contributed by atoms with Gasteiger partial charge in [0.15, 0.2) is 0 Å². The van der Waals surface area contributed by atoms with E-state index in [0.717, 1.165) is 6.29 Å². The molecule has 3 heteroatoms. The summed E-state index contributed by atoms with van der Waals surface area (Å²) in [7, 11) is 0. The Morgan fingerprint density at radius 1 is 1.42 bits per heavy atom. The highest BCUT2D eigenvalue weighted by Crippen LogP contribution is 1.99. The average molecular weight is 170 g/mol. The lowest BCUT2D eigenvalue weighted by atomic mass is 10.2. The van der Waals surface area contributed by atoms with Crippen LogP contribution in [0.5, 0.6) is 0 Å². The van der Waals surface area contributed by atoms with Crippen molar-refractivity contribution in [1.29, 1.82) is 0 Å². The van der Waals surface area contributed by atoms with E-state index >= 15 is 0 Å². The van der Waals surface area contributed by atoms with Gasteiger partial charge in [0.25, 0.3) is 0 Å². The molecule has 0 radical (unpaired) electrons. The van der Waals surface area contributed by atoms with Crippen molar-refractivity contribution >= 4 is 12.3 Å². The molecule has 3 nitrogen and oxygen atoms in total. The fourth-order valence-corrected chi connectivity index (χ4v) is 0.696. The van der Waals surface area contributed by atoms with E-state index in [0.29, 0.717) is 25.0 Å². The topological polar surface area (TPSA) is 43.4 Å². The molecule has 12 heavy (non-hydrogen) atoms. The van der Waals surface area contributed by atoms with Crippen LogP contribution in [-0.2, 0) is 14.3 Å². The zero-order valence-corrected chi connectivity index (χ0v) is 7.50. The lowest BCUT2D eigenvalue weighted by molar-refractivity contribution is -0.138. The predicted molar refractivity (Wildman–Crippen MR) is 45.7 cm³/mol. The van der Waals surface area contributed by atoms with Crippen molar-refractivity contribution in [2.45, 2.75) is 26.7 Å². The Balaban J connectivity index is 3.81. The lowest BCUT2D eigenvalue weighted by Crippen LogP contribution is -2.04. The monoisotopic (exact) mass is 170 g/mol. The van der Waals surface area contributed by atoms with Crippen molar-refractivity contribution in [1.82, 2.24) is 0 Å². The molecule has 0 aromatic rings. The molecule has 0 unspecified atom stereocenters. The minimum Gasteiger partial charge on any atom is -0.463 e. The number of allylic oxidation sites excluding steroid dienone is 1. The summed E-state index contributed by atoms with van der Waals surface area (Å²) in [6, 6.07) is 0. The van der Waals surface area contributed by atoms with Gasteiger partial charge >= 0.3 is 5.97 Å². The minimum absolute atomic E-state index is 0.302. The quantitative estimate of drug-likeness (QED) is 0.271. The van der Waals surface area contributed by atoms with Crippen LogP contribution in [0, 0.1) is 0 Å². The second-order valence-electron chi connectivity index (χ2n) is 2.35. The molecule has 0 aromatic heterocycles. The molecular formula is C9H14O3. The first-order valence-electron chi connectivity index (χ1n) is 3.99. The van der Waals surface area contributed by atoms with Crippen LogP contribution in [0.2, 0.25) is 0 Å². The van der Waals surface area contributed by atoms with E-state index in [9.17, 15) is 9.59 Å². The summed E-state index contributed by atoms with van der Waals surface area (Å²) in [6.07, 6.45) is 3.60. The molecule has 0 saturated carbocycles. The zero-order chi connectivity index (χ0) is 9.40. The first-order valence-corrected chi connectivity index (χ1v) is 3.99. The van der Waals surface area contributed by atoms with Crippen LogP contribution in [0.15, 0.2) is 11.6 Å². The van der Waals surface area contributed by atoms with Crippen LogP contribution in [0.3, 0.4) is 0 Å². The third-order valence-corrected chi connectivity index (χ3v) is 1.33. The summed E-state index contributed by atoms with van der Waals surface area (Å²) in [5.41, 5.74) is 0.568. The Labute approximate surface area is 72.4 Å². The number of carbonyl (C=O) groups excluding carboxylic acids is 2. The van der Waals surface area contributed by atoms with Crippen LogP contribution >= 0.6 is 0 Å². The molecule has 0 fully saturated rings. The van der Waals surface area contributed by atoms with Gasteiger partial charge < -0.3 is 9.53 Å².